The number of hydrogen-bond donors (Lipinski definition) is 1. The molecule has 0 heterocycles. The number of benzene rings is 2. The van der Waals surface area contributed by atoms with Crippen LogP contribution >= 0.6 is 31.9 Å². The van der Waals surface area contributed by atoms with Gasteiger partial charge in [-0.05, 0) is 64.8 Å². The predicted octanol–water partition coefficient (Wildman–Crippen LogP) is 5.62. The van der Waals surface area contributed by atoms with Crippen molar-refractivity contribution in [3.8, 4) is 11.5 Å². The highest BCUT2D eigenvalue weighted by Crippen LogP contribution is 2.36. The molecular formula is C18H18Br2N2O2. The molecule has 4 nitrogen and oxygen atoms in total. The Hall–Kier alpha value is -1.79. The van der Waals surface area contributed by atoms with E-state index in [-0.39, 0.29) is 0 Å². The van der Waals surface area contributed by atoms with E-state index in [0.29, 0.717) is 24.7 Å². The zero-order valence-electron chi connectivity index (χ0n) is 13.3. The summed E-state index contributed by atoms with van der Waals surface area (Å²) in [6.45, 7) is 6.56. The second-order valence-corrected chi connectivity index (χ2v) is 6.51. The summed E-state index contributed by atoms with van der Waals surface area (Å²) in [5.74, 6) is 1.33. The maximum atomic E-state index is 5.66. The normalized spacial score (nSPS) is 10.6. The largest absolute Gasteiger partial charge is 0.490 e. The highest BCUT2D eigenvalue weighted by Gasteiger charge is 2.11. The van der Waals surface area contributed by atoms with Gasteiger partial charge in [0.25, 0.3) is 0 Å². The number of halogens is 2. The lowest BCUT2D eigenvalue weighted by Crippen LogP contribution is -2.01. The van der Waals surface area contributed by atoms with E-state index in [0.717, 1.165) is 20.2 Å². The summed E-state index contributed by atoms with van der Waals surface area (Å²) >= 11 is 6.92. The van der Waals surface area contributed by atoms with Gasteiger partial charge in [-0.2, -0.15) is 5.10 Å². The first-order chi connectivity index (χ1) is 11.6. The molecule has 0 aliphatic rings. The quantitative estimate of drug-likeness (QED) is 0.320. The molecule has 0 bridgehead atoms. The first-order valence-corrected chi connectivity index (χ1v) is 8.97. The van der Waals surface area contributed by atoms with Gasteiger partial charge >= 0.3 is 0 Å². The Kier molecular flexibility index (Phi) is 7.34. The van der Waals surface area contributed by atoms with Crippen molar-refractivity contribution in [2.75, 3.05) is 18.6 Å². The van der Waals surface area contributed by atoms with Gasteiger partial charge in [0.05, 0.1) is 23.0 Å². The molecule has 0 radical (unpaired) electrons. The second-order valence-electron chi connectivity index (χ2n) is 4.74. The number of nitrogens with zero attached hydrogens (tertiary/aromatic N) is 1. The fraction of sp³-hybridized carbons (Fsp3) is 0.167. The van der Waals surface area contributed by atoms with Crippen LogP contribution in [0.4, 0.5) is 5.69 Å². The molecular weight excluding hydrogens is 436 g/mol. The lowest BCUT2D eigenvalue weighted by molar-refractivity contribution is 0.295. The molecule has 0 aliphatic heterocycles. The summed E-state index contributed by atoms with van der Waals surface area (Å²) in [6, 6.07) is 11.6. The third-order valence-electron chi connectivity index (χ3n) is 2.93. The van der Waals surface area contributed by atoms with Crippen LogP contribution in [0.3, 0.4) is 0 Å². The van der Waals surface area contributed by atoms with Crippen LogP contribution in [-0.4, -0.2) is 19.4 Å². The maximum absolute atomic E-state index is 5.66. The van der Waals surface area contributed by atoms with E-state index in [2.05, 4.69) is 49.0 Å². The van der Waals surface area contributed by atoms with E-state index in [9.17, 15) is 0 Å². The van der Waals surface area contributed by atoms with Crippen molar-refractivity contribution >= 4 is 43.8 Å². The first-order valence-electron chi connectivity index (χ1n) is 7.38. The molecule has 0 saturated heterocycles. The monoisotopic (exact) mass is 452 g/mol. The van der Waals surface area contributed by atoms with Crippen LogP contribution in [0.2, 0.25) is 0 Å². The summed E-state index contributed by atoms with van der Waals surface area (Å²) in [7, 11) is 0. The smallest absolute Gasteiger partial charge is 0.175 e. The molecule has 0 unspecified atom stereocenters. The number of anilines is 1. The van der Waals surface area contributed by atoms with Crippen molar-refractivity contribution in [3.05, 3.63) is 63.6 Å². The molecule has 6 heteroatoms. The Bertz CT molecular complexity index is 716. The molecule has 0 spiro atoms. The van der Waals surface area contributed by atoms with Gasteiger partial charge in [0.15, 0.2) is 11.5 Å². The van der Waals surface area contributed by atoms with Crippen LogP contribution in [-0.2, 0) is 0 Å². The second kappa shape index (κ2) is 9.49. The lowest BCUT2D eigenvalue weighted by atomic mass is 10.2. The van der Waals surface area contributed by atoms with Crippen molar-refractivity contribution in [3.63, 3.8) is 0 Å². The van der Waals surface area contributed by atoms with Crippen molar-refractivity contribution in [2.24, 2.45) is 5.10 Å². The Labute approximate surface area is 158 Å². The molecule has 0 saturated carbocycles. The van der Waals surface area contributed by atoms with Crippen LogP contribution < -0.4 is 14.9 Å². The van der Waals surface area contributed by atoms with Gasteiger partial charge in [0, 0.05) is 4.47 Å². The van der Waals surface area contributed by atoms with Gasteiger partial charge in [0.2, 0.25) is 0 Å². The van der Waals surface area contributed by atoms with Gasteiger partial charge in [-0.15, -0.1) is 0 Å². The summed E-state index contributed by atoms with van der Waals surface area (Å²) < 4.78 is 13.1. The van der Waals surface area contributed by atoms with Gasteiger partial charge in [-0.1, -0.05) is 28.6 Å². The molecule has 1 N–H and O–H groups in total. The predicted molar refractivity (Wildman–Crippen MR) is 106 cm³/mol. The third-order valence-corrected chi connectivity index (χ3v) is 4.05. The zero-order valence-corrected chi connectivity index (χ0v) is 16.4. The zero-order chi connectivity index (χ0) is 17.4. The molecule has 126 valence electrons. The molecule has 24 heavy (non-hydrogen) atoms. The van der Waals surface area contributed by atoms with Crippen LogP contribution in [0.5, 0.6) is 11.5 Å². The summed E-state index contributed by atoms with van der Waals surface area (Å²) in [4.78, 5) is 0. The molecule has 0 amide bonds. The standard InChI is InChI=1S/C18H18Br2N2O2/c1-3-9-24-18-16(20)10-13(11-17(18)23-4-2)12-21-22-15-7-5-14(19)6-8-15/h3,5-8,10-12,22H,1,4,9H2,2H3/b21-12+. The van der Waals surface area contributed by atoms with Crippen LogP contribution in [0.15, 0.2) is 63.1 Å². The average Bonchev–Trinajstić information content (AvgIpc) is 2.56. The fourth-order valence-corrected chi connectivity index (χ4v) is 2.75. The molecule has 0 atom stereocenters. The van der Waals surface area contributed by atoms with E-state index in [4.69, 9.17) is 9.47 Å². The van der Waals surface area contributed by atoms with Crippen molar-refractivity contribution < 1.29 is 9.47 Å². The van der Waals surface area contributed by atoms with Crippen LogP contribution in [0.25, 0.3) is 0 Å². The van der Waals surface area contributed by atoms with E-state index < -0.39 is 0 Å². The average molecular weight is 454 g/mol. The van der Waals surface area contributed by atoms with Crippen LogP contribution in [0, 0.1) is 0 Å². The van der Waals surface area contributed by atoms with Gasteiger partial charge in [-0.3, -0.25) is 5.43 Å². The SMILES string of the molecule is C=CCOc1c(Br)cc(/C=N/Nc2ccc(Br)cc2)cc1OCC. The number of hydrazone groups is 1. The molecule has 0 aromatic heterocycles. The lowest BCUT2D eigenvalue weighted by Gasteiger charge is -2.13. The third kappa shape index (κ3) is 5.39. The van der Waals surface area contributed by atoms with Gasteiger partial charge < -0.3 is 9.47 Å². The number of rotatable bonds is 8. The number of ether oxygens (including phenoxy) is 2. The molecule has 2 aromatic carbocycles. The minimum absolute atomic E-state index is 0.414. The molecule has 0 aliphatic carbocycles. The highest BCUT2D eigenvalue weighted by molar-refractivity contribution is 9.10. The van der Waals surface area contributed by atoms with Crippen molar-refractivity contribution in [2.45, 2.75) is 6.92 Å². The molecule has 2 rings (SSSR count). The Balaban J connectivity index is 2.15. The minimum atomic E-state index is 0.414. The summed E-state index contributed by atoms with van der Waals surface area (Å²) in [6.07, 6.45) is 3.42. The fourth-order valence-electron chi connectivity index (χ4n) is 1.91. The van der Waals surface area contributed by atoms with E-state index in [1.807, 2.05) is 43.3 Å². The summed E-state index contributed by atoms with van der Waals surface area (Å²) in [5, 5.41) is 4.25. The number of nitrogens with one attached hydrogen (secondary N) is 1. The Morgan fingerprint density at radius 2 is 1.92 bits per heavy atom. The number of hydrogen-bond acceptors (Lipinski definition) is 4. The van der Waals surface area contributed by atoms with Crippen LogP contribution in [0.1, 0.15) is 12.5 Å². The van der Waals surface area contributed by atoms with Crippen molar-refractivity contribution in [1.82, 2.24) is 0 Å². The topological polar surface area (TPSA) is 42.8 Å². The molecule has 2 aromatic rings. The highest BCUT2D eigenvalue weighted by atomic mass is 79.9. The van der Waals surface area contributed by atoms with E-state index in [1.54, 1.807) is 12.3 Å². The Morgan fingerprint density at radius 3 is 2.58 bits per heavy atom. The van der Waals surface area contributed by atoms with Gasteiger partial charge in [-0.25, -0.2) is 0 Å². The van der Waals surface area contributed by atoms with E-state index in [1.165, 1.54) is 0 Å². The minimum Gasteiger partial charge on any atom is -0.490 e. The Morgan fingerprint density at radius 1 is 1.17 bits per heavy atom. The molecule has 0 fully saturated rings. The summed E-state index contributed by atoms with van der Waals surface area (Å²) in [5.41, 5.74) is 4.78. The maximum Gasteiger partial charge on any atom is 0.175 e. The van der Waals surface area contributed by atoms with Gasteiger partial charge in [0.1, 0.15) is 6.61 Å². The van der Waals surface area contributed by atoms with E-state index >= 15 is 0 Å². The van der Waals surface area contributed by atoms with Crippen molar-refractivity contribution in [1.29, 1.82) is 0 Å². The first kappa shape index (κ1) is 18.5.